The fraction of sp³-hybridized carbons (Fsp3) is 0.375. The van der Waals surface area contributed by atoms with Crippen molar-refractivity contribution in [3.8, 4) is 5.75 Å². The van der Waals surface area contributed by atoms with Crippen molar-refractivity contribution < 1.29 is 22.7 Å². The highest BCUT2D eigenvalue weighted by Crippen LogP contribution is 2.23. The van der Waals surface area contributed by atoms with Gasteiger partial charge in [-0.25, -0.2) is 8.42 Å². The molecule has 42 heavy (non-hydrogen) atoms. The second kappa shape index (κ2) is 16.3. The van der Waals surface area contributed by atoms with Crippen LogP contribution < -0.4 is 14.4 Å². The number of rotatable bonds is 16. The summed E-state index contributed by atoms with van der Waals surface area (Å²) in [6.45, 7) is 5.24. The molecular weight excluding hydrogens is 618 g/mol. The summed E-state index contributed by atoms with van der Waals surface area (Å²) in [4.78, 5) is 29.0. The standard InChI is InChI=1S/C32H40BrN3O5S/c1-4-20-34-32(38)30(23-25-11-7-6-8-12-25)35(24-26-13-9-14-27(33)22-26)31(37)15-10-21-36(42(3,39)40)28-16-18-29(19-17-28)41-5-2/h6-9,11-14,16-19,22,30H,4-5,10,15,20-21,23-24H2,1-3H3,(H,34,38)/t30-/m1/s1. The van der Waals surface area contributed by atoms with Crippen LogP contribution in [0.5, 0.6) is 5.75 Å². The highest BCUT2D eigenvalue weighted by molar-refractivity contribution is 9.10. The van der Waals surface area contributed by atoms with E-state index >= 15 is 0 Å². The van der Waals surface area contributed by atoms with Crippen molar-refractivity contribution >= 4 is 43.5 Å². The molecule has 0 unspecified atom stereocenters. The Bertz CT molecular complexity index is 1400. The number of carbonyl (C=O) groups excluding carboxylic acids is 2. The number of nitrogens with one attached hydrogen (secondary N) is 1. The van der Waals surface area contributed by atoms with Gasteiger partial charge in [0.25, 0.3) is 0 Å². The van der Waals surface area contributed by atoms with Gasteiger partial charge in [-0.2, -0.15) is 0 Å². The van der Waals surface area contributed by atoms with Crippen molar-refractivity contribution in [2.24, 2.45) is 0 Å². The van der Waals surface area contributed by atoms with Crippen LogP contribution in [0.1, 0.15) is 44.2 Å². The van der Waals surface area contributed by atoms with Crippen molar-refractivity contribution in [1.82, 2.24) is 10.2 Å². The van der Waals surface area contributed by atoms with E-state index in [0.29, 0.717) is 31.0 Å². The van der Waals surface area contributed by atoms with Gasteiger partial charge in [0.1, 0.15) is 11.8 Å². The van der Waals surface area contributed by atoms with Crippen molar-refractivity contribution in [3.63, 3.8) is 0 Å². The molecule has 2 amide bonds. The highest BCUT2D eigenvalue weighted by atomic mass is 79.9. The fourth-order valence-corrected chi connectivity index (χ4v) is 6.04. The number of carbonyl (C=O) groups is 2. The van der Waals surface area contributed by atoms with Gasteiger partial charge >= 0.3 is 0 Å². The molecule has 0 aromatic heterocycles. The summed E-state index contributed by atoms with van der Waals surface area (Å²) in [5.41, 5.74) is 2.33. The maximum Gasteiger partial charge on any atom is 0.243 e. The van der Waals surface area contributed by atoms with Gasteiger partial charge in [-0.15, -0.1) is 0 Å². The largest absolute Gasteiger partial charge is 0.494 e. The summed E-state index contributed by atoms with van der Waals surface area (Å²) >= 11 is 3.50. The molecule has 1 atom stereocenters. The van der Waals surface area contributed by atoms with Crippen LogP contribution in [0.3, 0.4) is 0 Å². The van der Waals surface area contributed by atoms with Gasteiger partial charge in [0.05, 0.1) is 18.6 Å². The number of hydrogen-bond donors (Lipinski definition) is 1. The molecule has 0 fully saturated rings. The zero-order chi connectivity index (χ0) is 30.5. The number of benzene rings is 3. The van der Waals surface area contributed by atoms with Crippen LogP contribution in [0, 0.1) is 0 Å². The lowest BCUT2D eigenvalue weighted by Crippen LogP contribution is -2.50. The van der Waals surface area contributed by atoms with Gasteiger partial charge in [0.2, 0.25) is 21.8 Å². The average molecular weight is 659 g/mol. The van der Waals surface area contributed by atoms with Crippen LogP contribution in [-0.2, 0) is 32.6 Å². The van der Waals surface area contributed by atoms with E-state index in [1.54, 1.807) is 29.2 Å². The third kappa shape index (κ3) is 10.2. The van der Waals surface area contributed by atoms with E-state index in [1.807, 2.05) is 68.4 Å². The molecule has 0 aliphatic heterocycles. The van der Waals surface area contributed by atoms with Crippen molar-refractivity contribution in [2.75, 3.05) is 30.3 Å². The van der Waals surface area contributed by atoms with Gasteiger partial charge in [0.15, 0.2) is 0 Å². The van der Waals surface area contributed by atoms with Gasteiger partial charge < -0.3 is 15.0 Å². The molecule has 0 saturated carbocycles. The Morgan fingerprint density at radius 2 is 1.64 bits per heavy atom. The van der Waals surface area contributed by atoms with Crippen LogP contribution in [0.2, 0.25) is 0 Å². The van der Waals surface area contributed by atoms with Crippen molar-refractivity contribution in [2.45, 2.75) is 52.1 Å². The average Bonchev–Trinajstić information content (AvgIpc) is 2.96. The van der Waals surface area contributed by atoms with Crippen molar-refractivity contribution in [3.05, 3.63) is 94.5 Å². The quantitative estimate of drug-likeness (QED) is 0.218. The van der Waals surface area contributed by atoms with Crippen LogP contribution in [0.25, 0.3) is 0 Å². The molecule has 0 bridgehead atoms. The first-order valence-corrected chi connectivity index (χ1v) is 16.8. The van der Waals surface area contributed by atoms with Gasteiger partial charge in [-0.3, -0.25) is 13.9 Å². The maximum atomic E-state index is 13.9. The van der Waals surface area contributed by atoms with Gasteiger partial charge in [-0.1, -0.05) is 65.3 Å². The zero-order valence-electron chi connectivity index (χ0n) is 24.5. The van der Waals surface area contributed by atoms with Crippen LogP contribution in [0.4, 0.5) is 5.69 Å². The predicted octanol–water partition coefficient (Wildman–Crippen LogP) is 5.56. The Balaban J connectivity index is 1.85. The summed E-state index contributed by atoms with van der Waals surface area (Å²) in [6.07, 6.45) is 2.64. The Morgan fingerprint density at radius 3 is 2.26 bits per heavy atom. The van der Waals surface area contributed by atoms with E-state index in [2.05, 4.69) is 21.2 Å². The minimum Gasteiger partial charge on any atom is -0.494 e. The molecule has 0 spiro atoms. The maximum absolute atomic E-state index is 13.9. The van der Waals surface area contributed by atoms with E-state index < -0.39 is 16.1 Å². The minimum absolute atomic E-state index is 0.0728. The lowest BCUT2D eigenvalue weighted by atomic mass is 10.0. The molecule has 0 saturated heterocycles. The first-order chi connectivity index (χ1) is 20.1. The molecule has 0 radical (unpaired) electrons. The minimum atomic E-state index is -3.60. The van der Waals surface area contributed by atoms with E-state index in [-0.39, 0.29) is 37.7 Å². The normalized spacial score (nSPS) is 11.9. The van der Waals surface area contributed by atoms with Gasteiger partial charge in [-0.05, 0) is 67.3 Å². The Morgan fingerprint density at radius 1 is 0.952 bits per heavy atom. The Labute approximate surface area is 258 Å². The number of hydrogen-bond acceptors (Lipinski definition) is 5. The summed E-state index contributed by atoms with van der Waals surface area (Å²) in [5.74, 6) is 0.220. The third-order valence-corrected chi connectivity index (χ3v) is 8.34. The number of halogens is 1. The van der Waals surface area contributed by atoms with E-state index in [9.17, 15) is 18.0 Å². The topological polar surface area (TPSA) is 96.0 Å². The second-order valence-electron chi connectivity index (χ2n) is 10.0. The first kappa shape index (κ1) is 33.1. The fourth-order valence-electron chi connectivity index (χ4n) is 4.63. The first-order valence-electron chi connectivity index (χ1n) is 14.2. The number of nitrogens with zero attached hydrogens (tertiary/aromatic N) is 2. The molecule has 8 nitrogen and oxygen atoms in total. The van der Waals surface area contributed by atoms with Crippen molar-refractivity contribution in [1.29, 1.82) is 0 Å². The predicted molar refractivity (Wildman–Crippen MR) is 171 cm³/mol. The number of sulfonamides is 1. The van der Waals surface area contributed by atoms with Gasteiger partial charge in [0, 0.05) is 36.9 Å². The molecular formula is C32H40BrN3O5S. The van der Waals surface area contributed by atoms with E-state index in [1.165, 1.54) is 4.31 Å². The molecule has 0 heterocycles. The summed E-state index contributed by atoms with van der Waals surface area (Å²) < 4.78 is 33.0. The molecule has 3 aromatic carbocycles. The molecule has 226 valence electrons. The Hall–Kier alpha value is -3.37. The van der Waals surface area contributed by atoms with Crippen LogP contribution >= 0.6 is 15.9 Å². The van der Waals surface area contributed by atoms with E-state index in [4.69, 9.17) is 4.74 Å². The lowest BCUT2D eigenvalue weighted by molar-refractivity contribution is -0.141. The summed E-state index contributed by atoms with van der Waals surface area (Å²) in [7, 11) is -3.60. The highest BCUT2D eigenvalue weighted by Gasteiger charge is 2.30. The summed E-state index contributed by atoms with van der Waals surface area (Å²) in [6, 6.07) is 23.4. The number of ether oxygens (including phenoxy) is 1. The number of anilines is 1. The lowest BCUT2D eigenvalue weighted by Gasteiger charge is -2.32. The molecule has 3 aromatic rings. The van der Waals surface area contributed by atoms with E-state index in [0.717, 1.165) is 28.3 Å². The molecule has 10 heteroatoms. The molecule has 3 rings (SSSR count). The second-order valence-corrected chi connectivity index (χ2v) is 12.8. The monoisotopic (exact) mass is 657 g/mol. The number of amides is 2. The van der Waals surface area contributed by atoms with Crippen LogP contribution in [-0.4, -0.2) is 57.1 Å². The third-order valence-electron chi connectivity index (χ3n) is 6.65. The smallest absolute Gasteiger partial charge is 0.243 e. The SMILES string of the molecule is CCCNC(=O)[C@@H](Cc1ccccc1)N(Cc1cccc(Br)c1)C(=O)CCCN(c1ccc(OCC)cc1)S(C)(=O)=O. The van der Waals surface area contributed by atoms with Crippen LogP contribution in [0.15, 0.2) is 83.3 Å². The summed E-state index contributed by atoms with van der Waals surface area (Å²) in [5, 5.41) is 2.97. The molecule has 1 N–H and O–H groups in total. The zero-order valence-corrected chi connectivity index (χ0v) is 26.9. The Kier molecular flexibility index (Phi) is 12.9. The molecule has 0 aliphatic carbocycles. The molecule has 0 aliphatic rings.